The molecule has 168 valence electrons. The van der Waals surface area contributed by atoms with Gasteiger partial charge in [-0.3, -0.25) is 9.59 Å². The molecule has 1 aliphatic heterocycles. The van der Waals surface area contributed by atoms with Crippen LogP contribution in [-0.4, -0.2) is 57.6 Å². The largest absolute Gasteiger partial charge is 0.354 e. The average Bonchev–Trinajstić information content (AvgIpc) is 3.38. The molecule has 1 saturated heterocycles. The molecule has 0 radical (unpaired) electrons. The van der Waals surface area contributed by atoms with Gasteiger partial charge in [0.1, 0.15) is 10.3 Å². The lowest BCUT2D eigenvalue weighted by Crippen LogP contribution is -2.48. The molecule has 3 rings (SSSR count). The number of sulfonamides is 1. The molecule has 8 nitrogen and oxygen atoms in total. The number of carbonyl (C=O) groups excluding carboxylic acids is 2. The maximum absolute atomic E-state index is 13.3. The van der Waals surface area contributed by atoms with Crippen LogP contribution in [0.5, 0.6) is 0 Å². The zero-order chi connectivity index (χ0) is 22.8. The minimum atomic E-state index is -4.04. The van der Waals surface area contributed by atoms with Crippen LogP contribution < -0.4 is 4.90 Å². The summed E-state index contributed by atoms with van der Waals surface area (Å²) in [6, 6.07) is 9.03. The first-order valence-corrected chi connectivity index (χ1v) is 12.1. The number of ether oxygens (including phenoxy) is 2. The van der Waals surface area contributed by atoms with Gasteiger partial charge in [0.2, 0.25) is 5.91 Å². The molecule has 0 saturated carbocycles. The van der Waals surface area contributed by atoms with E-state index >= 15 is 0 Å². The van der Waals surface area contributed by atoms with Crippen LogP contribution in [0.2, 0.25) is 0 Å². The standard InChI is InChI=1S/C21H26N2O6S2/c1-14(2)15-7-9-16(10-8-15)23-18(24)12-17(21(23)25)22(13-19(28-3)29-4)31(26,27)20-6-5-11-30-20/h5-11,14,17,19H,12-13H2,1-4H3. The molecule has 2 heterocycles. The highest BCUT2D eigenvalue weighted by Gasteiger charge is 2.47. The molecular formula is C21H26N2O6S2. The summed E-state index contributed by atoms with van der Waals surface area (Å²) in [6.07, 6.45) is -1.15. The van der Waals surface area contributed by atoms with Crippen LogP contribution in [0.25, 0.3) is 0 Å². The van der Waals surface area contributed by atoms with E-state index in [1.165, 1.54) is 20.3 Å². The number of anilines is 1. The van der Waals surface area contributed by atoms with Crippen molar-refractivity contribution in [3.8, 4) is 0 Å². The Morgan fingerprint density at radius 1 is 1.13 bits per heavy atom. The van der Waals surface area contributed by atoms with Crippen molar-refractivity contribution in [2.24, 2.45) is 0 Å². The number of thiophene rings is 1. The molecule has 0 aliphatic carbocycles. The molecule has 1 fully saturated rings. The summed E-state index contributed by atoms with van der Waals surface area (Å²) in [7, 11) is -1.28. The van der Waals surface area contributed by atoms with E-state index in [1.807, 2.05) is 26.0 Å². The predicted octanol–water partition coefficient (Wildman–Crippen LogP) is 2.81. The van der Waals surface area contributed by atoms with Crippen LogP contribution in [0.15, 0.2) is 46.0 Å². The fourth-order valence-electron chi connectivity index (χ4n) is 3.43. The highest BCUT2D eigenvalue weighted by atomic mass is 32.2. The zero-order valence-corrected chi connectivity index (χ0v) is 19.5. The third-order valence-corrected chi connectivity index (χ3v) is 8.45. The van der Waals surface area contributed by atoms with E-state index in [0.29, 0.717) is 11.6 Å². The monoisotopic (exact) mass is 466 g/mol. The molecule has 10 heteroatoms. The fourth-order valence-corrected chi connectivity index (χ4v) is 6.12. The third-order valence-electron chi connectivity index (χ3n) is 5.20. The maximum Gasteiger partial charge on any atom is 0.253 e. The summed E-state index contributed by atoms with van der Waals surface area (Å²) >= 11 is 1.04. The number of methoxy groups -OCH3 is 2. The minimum absolute atomic E-state index is 0.0819. The molecule has 0 N–H and O–H groups in total. The molecule has 2 amide bonds. The Bertz CT molecular complexity index is 1010. The van der Waals surface area contributed by atoms with Crippen LogP contribution in [0.1, 0.15) is 31.7 Å². The summed E-state index contributed by atoms with van der Waals surface area (Å²) in [4.78, 5) is 27.1. The average molecular weight is 467 g/mol. The second-order valence-corrected chi connectivity index (χ2v) is 10.5. The van der Waals surface area contributed by atoms with E-state index in [9.17, 15) is 18.0 Å². The number of carbonyl (C=O) groups is 2. The Balaban J connectivity index is 1.96. The Morgan fingerprint density at radius 3 is 2.29 bits per heavy atom. The van der Waals surface area contributed by atoms with Crippen molar-refractivity contribution in [3.63, 3.8) is 0 Å². The Kier molecular flexibility index (Phi) is 7.28. The van der Waals surface area contributed by atoms with Crippen LogP contribution >= 0.6 is 11.3 Å². The molecule has 2 aromatic rings. The lowest BCUT2D eigenvalue weighted by Gasteiger charge is -2.28. The number of rotatable bonds is 9. The Morgan fingerprint density at radius 2 is 1.77 bits per heavy atom. The maximum atomic E-state index is 13.3. The van der Waals surface area contributed by atoms with Crippen molar-refractivity contribution in [3.05, 3.63) is 47.3 Å². The first-order valence-electron chi connectivity index (χ1n) is 9.78. The molecule has 0 bridgehead atoms. The van der Waals surface area contributed by atoms with Crippen molar-refractivity contribution in [2.45, 2.75) is 42.7 Å². The van der Waals surface area contributed by atoms with Crippen LogP contribution in [0.3, 0.4) is 0 Å². The van der Waals surface area contributed by atoms with Gasteiger partial charge in [0.05, 0.1) is 18.7 Å². The van der Waals surface area contributed by atoms with E-state index in [0.717, 1.165) is 26.1 Å². The van der Waals surface area contributed by atoms with Gasteiger partial charge in [-0.2, -0.15) is 4.31 Å². The lowest BCUT2D eigenvalue weighted by atomic mass is 10.0. The number of nitrogens with zero attached hydrogens (tertiary/aromatic N) is 2. The van der Waals surface area contributed by atoms with E-state index in [2.05, 4.69) is 0 Å². The quantitative estimate of drug-likeness (QED) is 0.417. The van der Waals surface area contributed by atoms with Gasteiger partial charge >= 0.3 is 0 Å². The van der Waals surface area contributed by atoms with Crippen molar-refractivity contribution >= 4 is 38.9 Å². The molecule has 1 unspecified atom stereocenters. The van der Waals surface area contributed by atoms with Gasteiger partial charge in [0, 0.05) is 14.2 Å². The van der Waals surface area contributed by atoms with E-state index in [4.69, 9.17) is 9.47 Å². The van der Waals surface area contributed by atoms with Gasteiger partial charge in [-0.15, -0.1) is 11.3 Å². The number of imide groups is 1. The molecule has 1 aromatic carbocycles. The normalized spacial score (nSPS) is 17.5. The SMILES string of the molecule is COC(CN(C1CC(=O)N(c2ccc(C(C)C)cc2)C1=O)S(=O)(=O)c1cccs1)OC. The summed E-state index contributed by atoms with van der Waals surface area (Å²) in [6.45, 7) is 3.87. The Hall–Kier alpha value is -2.11. The van der Waals surface area contributed by atoms with E-state index < -0.39 is 34.2 Å². The molecule has 1 aliphatic rings. The highest BCUT2D eigenvalue weighted by molar-refractivity contribution is 7.91. The fraction of sp³-hybridized carbons (Fsp3) is 0.429. The first kappa shape index (κ1) is 23.6. The smallest absolute Gasteiger partial charge is 0.253 e. The molecule has 31 heavy (non-hydrogen) atoms. The lowest BCUT2D eigenvalue weighted by molar-refractivity contribution is -0.125. The van der Waals surface area contributed by atoms with Crippen molar-refractivity contribution < 1.29 is 27.5 Å². The van der Waals surface area contributed by atoms with Crippen molar-refractivity contribution in [1.82, 2.24) is 4.31 Å². The predicted molar refractivity (Wildman–Crippen MR) is 117 cm³/mol. The molecular weight excluding hydrogens is 440 g/mol. The second-order valence-electron chi connectivity index (χ2n) is 7.44. The van der Waals surface area contributed by atoms with E-state index in [-0.39, 0.29) is 17.2 Å². The Labute approximate surface area is 186 Å². The third kappa shape index (κ3) is 4.73. The summed E-state index contributed by atoms with van der Waals surface area (Å²) in [5.74, 6) is -0.739. The second kappa shape index (κ2) is 9.58. The summed E-state index contributed by atoms with van der Waals surface area (Å²) in [5, 5.41) is 1.64. The number of amides is 2. The zero-order valence-electron chi connectivity index (χ0n) is 17.8. The number of hydrogen-bond acceptors (Lipinski definition) is 7. The minimum Gasteiger partial charge on any atom is -0.354 e. The van der Waals surface area contributed by atoms with Crippen LogP contribution in [0, 0.1) is 0 Å². The number of benzene rings is 1. The molecule has 0 spiro atoms. The van der Waals surface area contributed by atoms with Gasteiger partial charge in [-0.05, 0) is 35.1 Å². The van der Waals surface area contributed by atoms with Crippen LogP contribution in [0.4, 0.5) is 5.69 Å². The number of hydrogen-bond donors (Lipinski definition) is 0. The van der Waals surface area contributed by atoms with Gasteiger partial charge in [0.15, 0.2) is 6.29 Å². The van der Waals surface area contributed by atoms with Crippen molar-refractivity contribution in [2.75, 3.05) is 25.7 Å². The van der Waals surface area contributed by atoms with Gasteiger partial charge in [-0.25, -0.2) is 13.3 Å². The van der Waals surface area contributed by atoms with Gasteiger partial charge < -0.3 is 9.47 Å². The summed E-state index contributed by atoms with van der Waals surface area (Å²) < 4.78 is 38.1. The summed E-state index contributed by atoms with van der Waals surface area (Å²) in [5.41, 5.74) is 1.50. The van der Waals surface area contributed by atoms with Crippen molar-refractivity contribution in [1.29, 1.82) is 0 Å². The van der Waals surface area contributed by atoms with Gasteiger partial charge in [-0.1, -0.05) is 32.0 Å². The molecule has 1 atom stereocenters. The first-order chi connectivity index (χ1) is 14.7. The van der Waals surface area contributed by atoms with Gasteiger partial charge in [0.25, 0.3) is 15.9 Å². The van der Waals surface area contributed by atoms with Crippen LogP contribution in [-0.2, 0) is 29.1 Å². The highest BCUT2D eigenvalue weighted by Crippen LogP contribution is 2.31. The molecule has 1 aromatic heterocycles. The van der Waals surface area contributed by atoms with E-state index in [1.54, 1.807) is 23.6 Å². The topological polar surface area (TPSA) is 93.2 Å².